The minimum absolute atomic E-state index is 0.162. The van der Waals surface area contributed by atoms with E-state index in [0.717, 1.165) is 11.3 Å². The van der Waals surface area contributed by atoms with Crippen molar-refractivity contribution in [3.8, 4) is 5.75 Å². The average molecular weight is 250 g/mol. The zero-order valence-electron chi connectivity index (χ0n) is 11.8. The zero-order valence-corrected chi connectivity index (χ0v) is 11.8. The van der Waals surface area contributed by atoms with Crippen LogP contribution in [-0.2, 0) is 16.1 Å². The fourth-order valence-electron chi connectivity index (χ4n) is 1.30. The third kappa shape index (κ3) is 4.78. The van der Waals surface area contributed by atoms with Gasteiger partial charge >= 0.3 is 5.97 Å². The molecular formula is C15H22O3. The van der Waals surface area contributed by atoms with Crippen molar-refractivity contribution in [2.75, 3.05) is 0 Å². The summed E-state index contributed by atoms with van der Waals surface area (Å²) in [6.07, 6.45) is 0.162. The molecule has 100 valence electrons. The SMILES string of the molecule is CC(C)Oc1ccc(COC(=O)C(C)(C)C)cc1. The molecule has 0 heterocycles. The number of benzene rings is 1. The Bertz CT molecular complexity index is 385. The van der Waals surface area contributed by atoms with Crippen molar-refractivity contribution < 1.29 is 14.3 Å². The molecule has 0 saturated carbocycles. The van der Waals surface area contributed by atoms with Crippen LogP contribution in [0.1, 0.15) is 40.2 Å². The summed E-state index contributed by atoms with van der Waals surface area (Å²) < 4.78 is 10.8. The molecule has 0 aliphatic rings. The first-order valence-corrected chi connectivity index (χ1v) is 6.22. The Hall–Kier alpha value is -1.51. The van der Waals surface area contributed by atoms with Crippen molar-refractivity contribution in [3.63, 3.8) is 0 Å². The second kappa shape index (κ2) is 5.89. The highest BCUT2D eigenvalue weighted by molar-refractivity contribution is 5.75. The van der Waals surface area contributed by atoms with Crippen LogP contribution >= 0.6 is 0 Å². The van der Waals surface area contributed by atoms with Gasteiger partial charge in [0, 0.05) is 0 Å². The Balaban J connectivity index is 2.52. The third-order valence-electron chi connectivity index (χ3n) is 2.28. The first-order valence-electron chi connectivity index (χ1n) is 6.22. The summed E-state index contributed by atoms with van der Waals surface area (Å²) in [5, 5.41) is 0. The van der Waals surface area contributed by atoms with E-state index in [1.54, 1.807) is 0 Å². The minimum Gasteiger partial charge on any atom is -0.491 e. The number of hydrogen-bond acceptors (Lipinski definition) is 3. The summed E-state index contributed by atoms with van der Waals surface area (Å²) >= 11 is 0. The average Bonchev–Trinajstić information content (AvgIpc) is 2.25. The summed E-state index contributed by atoms with van der Waals surface area (Å²) in [6.45, 7) is 9.80. The van der Waals surface area contributed by atoms with Crippen LogP contribution < -0.4 is 4.74 Å². The molecule has 0 bridgehead atoms. The molecule has 0 aromatic heterocycles. The van der Waals surface area contributed by atoms with Gasteiger partial charge in [-0.15, -0.1) is 0 Å². The Kier molecular flexibility index (Phi) is 4.76. The first kappa shape index (κ1) is 14.6. The summed E-state index contributed by atoms with van der Waals surface area (Å²) in [4.78, 5) is 11.6. The van der Waals surface area contributed by atoms with E-state index in [4.69, 9.17) is 9.47 Å². The molecule has 0 radical (unpaired) electrons. The second-order valence-electron chi connectivity index (χ2n) is 5.64. The fraction of sp³-hybridized carbons (Fsp3) is 0.533. The van der Waals surface area contributed by atoms with E-state index >= 15 is 0 Å². The molecule has 0 atom stereocenters. The number of ether oxygens (including phenoxy) is 2. The van der Waals surface area contributed by atoms with Crippen LogP contribution in [0.15, 0.2) is 24.3 Å². The van der Waals surface area contributed by atoms with Gasteiger partial charge in [-0.05, 0) is 52.3 Å². The van der Waals surface area contributed by atoms with E-state index in [0.29, 0.717) is 6.61 Å². The van der Waals surface area contributed by atoms with Crippen molar-refractivity contribution >= 4 is 5.97 Å². The highest BCUT2D eigenvalue weighted by Crippen LogP contribution is 2.18. The van der Waals surface area contributed by atoms with E-state index in [2.05, 4.69) is 0 Å². The number of hydrogen-bond donors (Lipinski definition) is 0. The lowest BCUT2D eigenvalue weighted by atomic mass is 9.97. The van der Waals surface area contributed by atoms with E-state index in [1.807, 2.05) is 58.9 Å². The number of esters is 1. The summed E-state index contributed by atoms with van der Waals surface area (Å²) in [5.74, 6) is 0.640. The van der Waals surface area contributed by atoms with Gasteiger partial charge in [-0.25, -0.2) is 0 Å². The predicted octanol–water partition coefficient (Wildman–Crippen LogP) is 3.56. The molecule has 0 spiro atoms. The molecule has 0 saturated heterocycles. The lowest BCUT2D eigenvalue weighted by Crippen LogP contribution is -2.22. The molecule has 0 aliphatic carbocycles. The van der Waals surface area contributed by atoms with Gasteiger partial charge in [0.1, 0.15) is 12.4 Å². The zero-order chi connectivity index (χ0) is 13.8. The van der Waals surface area contributed by atoms with E-state index in [-0.39, 0.29) is 12.1 Å². The van der Waals surface area contributed by atoms with Crippen molar-refractivity contribution in [1.29, 1.82) is 0 Å². The predicted molar refractivity (Wildman–Crippen MR) is 71.5 cm³/mol. The molecule has 18 heavy (non-hydrogen) atoms. The van der Waals surface area contributed by atoms with Crippen LogP contribution in [0.3, 0.4) is 0 Å². The number of carbonyl (C=O) groups excluding carboxylic acids is 1. The summed E-state index contributed by atoms with van der Waals surface area (Å²) in [6, 6.07) is 7.60. The molecule has 0 unspecified atom stereocenters. The highest BCUT2D eigenvalue weighted by atomic mass is 16.5. The van der Waals surface area contributed by atoms with Gasteiger partial charge < -0.3 is 9.47 Å². The van der Waals surface area contributed by atoms with E-state index in [1.165, 1.54) is 0 Å². The monoisotopic (exact) mass is 250 g/mol. The van der Waals surface area contributed by atoms with Crippen molar-refractivity contribution in [2.45, 2.75) is 47.3 Å². The minimum atomic E-state index is -0.458. The second-order valence-corrected chi connectivity index (χ2v) is 5.64. The van der Waals surface area contributed by atoms with Crippen LogP contribution in [0, 0.1) is 5.41 Å². The maximum Gasteiger partial charge on any atom is 0.311 e. The Morgan fingerprint density at radius 2 is 1.72 bits per heavy atom. The Morgan fingerprint density at radius 1 is 1.17 bits per heavy atom. The molecule has 3 nitrogen and oxygen atoms in total. The molecule has 0 N–H and O–H groups in total. The Labute approximate surface area is 109 Å². The topological polar surface area (TPSA) is 35.5 Å². The molecule has 0 fully saturated rings. The van der Waals surface area contributed by atoms with Crippen molar-refractivity contribution in [1.82, 2.24) is 0 Å². The van der Waals surface area contributed by atoms with Crippen LogP contribution in [0.25, 0.3) is 0 Å². The molecule has 1 aromatic rings. The first-order chi connectivity index (χ1) is 8.29. The smallest absolute Gasteiger partial charge is 0.311 e. The molecule has 0 amide bonds. The molecule has 3 heteroatoms. The van der Waals surface area contributed by atoms with Gasteiger partial charge in [-0.1, -0.05) is 12.1 Å². The Morgan fingerprint density at radius 3 is 2.17 bits per heavy atom. The van der Waals surface area contributed by atoms with Gasteiger partial charge in [0.15, 0.2) is 0 Å². The van der Waals surface area contributed by atoms with E-state index < -0.39 is 5.41 Å². The fourth-order valence-corrected chi connectivity index (χ4v) is 1.30. The maximum atomic E-state index is 11.6. The van der Waals surface area contributed by atoms with Gasteiger partial charge in [-0.2, -0.15) is 0 Å². The lowest BCUT2D eigenvalue weighted by molar-refractivity contribution is -0.154. The number of carbonyl (C=O) groups is 1. The largest absolute Gasteiger partial charge is 0.491 e. The van der Waals surface area contributed by atoms with Gasteiger partial charge in [0.05, 0.1) is 11.5 Å². The molecule has 1 aromatic carbocycles. The summed E-state index contributed by atoms with van der Waals surface area (Å²) in [5.41, 5.74) is 0.504. The summed E-state index contributed by atoms with van der Waals surface area (Å²) in [7, 11) is 0. The van der Waals surface area contributed by atoms with Gasteiger partial charge in [0.25, 0.3) is 0 Å². The third-order valence-corrected chi connectivity index (χ3v) is 2.28. The van der Waals surface area contributed by atoms with Crippen LogP contribution in [0.4, 0.5) is 0 Å². The van der Waals surface area contributed by atoms with Gasteiger partial charge in [-0.3, -0.25) is 4.79 Å². The van der Waals surface area contributed by atoms with E-state index in [9.17, 15) is 4.79 Å². The standard InChI is InChI=1S/C15H22O3/c1-11(2)18-13-8-6-12(7-9-13)10-17-14(16)15(3,4)5/h6-9,11H,10H2,1-5H3. The highest BCUT2D eigenvalue weighted by Gasteiger charge is 2.22. The molecular weight excluding hydrogens is 228 g/mol. The van der Waals surface area contributed by atoms with Crippen molar-refractivity contribution in [3.05, 3.63) is 29.8 Å². The number of rotatable bonds is 4. The van der Waals surface area contributed by atoms with Crippen molar-refractivity contribution in [2.24, 2.45) is 5.41 Å². The maximum absolute atomic E-state index is 11.6. The van der Waals surface area contributed by atoms with Crippen LogP contribution in [0.5, 0.6) is 5.75 Å². The normalized spacial score (nSPS) is 11.4. The lowest BCUT2D eigenvalue weighted by Gasteiger charge is -2.16. The quantitative estimate of drug-likeness (QED) is 0.766. The van der Waals surface area contributed by atoms with Gasteiger partial charge in [0.2, 0.25) is 0 Å². The molecule has 0 aliphatic heterocycles. The van der Waals surface area contributed by atoms with Crippen LogP contribution in [0.2, 0.25) is 0 Å². The van der Waals surface area contributed by atoms with Crippen LogP contribution in [-0.4, -0.2) is 12.1 Å². The molecule has 1 rings (SSSR count).